The van der Waals surface area contributed by atoms with E-state index in [1.54, 1.807) is 6.07 Å². The van der Waals surface area contributed by atoms with E-state index >= 15 is 0 Å². The predicted octanol–water partition coefficient (Wildman–Crippen LogP) is 1.19. The zero-order valence-corrected chi connectivity index (χ0v) is 8.42. The fourth-order valence-electron chi connectivity index (χ4n) is 1.85. The van der Waals surface area contributed by atoms with Gasteiger partial charge in [0.15, 0.2) is 0 Å². The van der Waals surface area contributed by atoms with E-state index in [1.165, 1.54) is 19.2 Å². The van der Waals surface area contributed by atoms with Crippen LogP contribution in [0.2, 0.25) is 0 Å². The first kappa shape index (κ1) is 10.1. The summed E-state index contributed by atoms with van der Waals surface area (Å²) in [5.74, 6) is -0.701. The molecule has 0 bridgehead atoms. The third kappa shape index (κ3) is 1.85. The van der Waals surface area contributed by atoms with E-state index in [9.17, 15) is 9.18 Å². The number of hydrogen-bond acceptors (Lipinski definition) is 3. The first-order valence-electron chi connectivity index (χ1n) is 4.82. The van der Waals surface area contributed by atoms with Crippen molar-refractivity contribution in [3.63, 3.8) is 0 Å². The Morgan fingerprint density at radius 3 is 3.13 bits per heavy atom. The molecule has 1 aromatic carbocycles. The highest BCUT2D eigenvalue weighted by Crippen LogP contribution is 2.24. The van der Waals surface area contributed by atoms with Crippen LogP contribution in [0.15, 0.2) is 18.2 Å². The lowest BCUT2D eigenvalue weighted by Crippen LogP contribution is -2.35. The van der Waals surface area contributed by atoms with Crippen LogP contribution < -0.4 is 5.32 Å². The van der Waals surface area contributed by atoms with Gasteiger partial charge in [-0.2, -0.15) is 0 Å². The maximum absolute atomic E-state index is 13.1. The van der Waals surface area contributed by atoms with E-state index in [4.69, 9.17) is 0 Å². The molecule has 0 amide bonds. The SMILES string of the molecule is COC(=O)[C@@H]1NCCc2ccc(F)cc21. The molecule has 1 N–H and O–H groups in total. The Morgan fingerprint density at radius 1 is 1.60 bits per heavy atom. The number of benzene rings is 1. The summed E-state index contributed by atoms with van der Waals surface area (Å²) in [6.45, 7) is 0.707. The number of methoxy groups -OCH3 is 1. The maximum Gasteiger partial charge on any atom is 0.327 e. The van der Waals surface area contributed by atoms with Gasteiger partial charge in [0.1, 0.15) is 11.9 Å². The van der Waals surface area contributed by atoms with Crippen LogP contribution >= 0.6 is 0 Å². The zero-order valence-electron chi connectivity index (χ0n) is 8.42. The topological polar surface area (TPSA) is 38.3 Å². The number of nitrogens with one attached hydrogen (secondary N) is 1. The molecule has 1 atom stereocenters. The molecule has 0 aromatic heterocycles. The Hall–Kier alpha value is -1.42. The van der Waals surface area contributed by atoms with Crippen LogP contribution in [0.3, 0.4) is 0 Å². The lowest BCUT2D eigenvalue weighted by molar-refractivity contribution is -0.143. The Kier molecular flexibility index (Phi) is 2.68. The number of rotatable bonds is 1. The van der Waals surface area contributed by atoms with Crippen molar-refractivity contribution >= 4 is 5.97 Å². The molecule has 0 saturated carbocycles. The van der Waals surface area contributed by atoms with E-state index in [0.29, 0.717) is 12.1 Å². The Balaban J connectivity index is 2.40. The number of carbonyl (C=O) groups is 1. The molecule has 1 aliphatic heterocycles. The van der Waals surface area contributed by atoms with Crippen LogP contribution in [0.25, 0.3) is 0 Å². The van der Waals surface area contributed by atoms with Crippen LogP contribution in [0, 0.1) is 5.82 Å². The molecule has 1 aromatic rings. The number of carbonyl (C=O) groups excluding carboxylic acids is 1. The average molecular weight is 209 g/mol. The second kappa shape index (κ2) is 3.98. The summed E-state index contributed by atoms with van der Waals surface area (Å²) in [7, 11) is 1.33. The lowest BCUT2D eigenvalue weighted by atomic mass is 9.94. The Bertz CT molecular complexity index is 392. The number of ether oxygens (including phenoxy) is 1. The first-order valence-corrected chi connectivity index (χ1v) is 4.82. The minimum Gasteiger partial charge on any atom is -0.468 e. The maximum atomic E-state index is 13.1. The van der Waals surface area contributed by atoms with Gasteiger partial charge in [0.25, 0.3) is 0 Å². The summed E-state index contributed by atoms with van der Waals surface area (Å²) in [5, 5.41) is 3.01. The largest absolute Gasteiger partial charge is 0.468 e. The van der Waals surface area contributed by atoms with Crippen molar-refractivity contribution in [3.8, 4) is 0 Å². The molecule has 3 nitrogen and oxygen atoms in total. The van der Waals surface area contributed by atoms with Crippen molar-refractivity contribution in [1.82, 2.24) is 5.32 Å². The van der Waals surface area contributed by atoms with Gasteiger partial charge in [-0.15, -0.1) is 0 Å². The minimum atomic E-state index is -0.533. The van der Waals surface area contributed by atoms with Gasteiger partial charge in [0.05, 0.1) is 7.11 Å². The molecule has 4 heteroatoms. The highest BCUT2D eigenvalue weighted by molar-refractivity contribution is 5.78. The van der Waals surface area contributed by atoms with Crippen LogP contribution in [-0.4, -0.2) is 19.6 Å². The van der Waals surface area contributed by atoms with E-state index < -0.39 is 6.04 Å². The summed E-state index contributed by atoms with van der Waals surface area (Å²) in [6.07, 6.45) is 0.809. The van der Waals surface area contributed by atoms with Gasteiger partial charge in [-0.25, -0.2) is 9.18 Å². The van der Waals surface area contributed by atoms with Crippen LogP contribution in [0.4, 0.5) is 4.39 Å². The van der Waals surface area contributed by atoms with Crippen LogP contribution in [0.1, 0.15) is 17.2 Å². The molecule has 1 heterocycles. The summed E-state index contributed by atoms with van der Waals surface area (Å²) in [6, 6.07) is 4.00. The molecule has 0 unspecified atom stereocenters. The van der Waals surface area contributed by atoms with Gasteiger partial charge in [-0.3, -0.25) is 0 Å². The molecular weight excluding hydrogens is 197 g/mol. The average Bonchev–Trinajstić information content (AvgIpc) is 2.27. The molecule has 0 radical (unpaired) electrons. The molecule has 80 valence electrons. The van der Waals surface area contributed by atoms with Crippen LogP contribution in [0.5, 0.6) is 0 Å². The fourth-order valence-corrected chi connectivity index (χ4v) is 1.85. The Morgan fingerprint density at radius 2 is 2.40 bits per heavy atom. The van der Waals surface area contributed by atoms with Gasteiger partial charge in [0, 0.05) is 6.54 Å². The van der Waals surface area contributed by atoms with Gasteiger partial charge in [-0.05, 0) is 29.7 Å². The van der Waals surface area contributed by atoms with Gasteiger partial charge in [0.2, 0.25) is 0 Å². The third-order valence-electron chi connectivity index (χ3n) is 2.60. The standard InChI is InChI=1S/C11H12FNO2/c1-15-11(14)10-9-6-8(12)3-2-7(9)4-5-13-10/h2-3,6,10,13H,4-5H2,1H3/t10-/m1/s1. The molecule has 1 aliphatic rings. The zero-order chi connectivity index (χ0) is 10.8. The molecule has 0 saturated heterocycles. The van der Waals surface area contributed by atoms with Gasteiger partial charge in [-0.1, -0.05) is 6.07 Å². The molecule has 0 spiro atoms. The summed E-state index contributed by atoms with van der Waals surface area (Å²) >= 11 is 0. The number of esters is 1. The first-order chi connectivity index (χ1) is 7.22. The third-order valence-corrected chi connectivity index (χ3v) is 2.60. The van der Waals surface area contributed by atoms with Crippen molar-refractivity contribution in [1.29, 1.82) is 0 Å². The van der Waals surface area contributed by atoms with Crippen molar-refractivity contribution in [2.45, 2.75) is 12.5 Å². The summed E-state index contributed by atoms with van der Waals surface area (Å²) < 4.78 is 17.7. The minimum absolute atomic E-state index is 0.327. The quantitative estimate of drug-likeness (QED) is 0.706. The van der Waals surface area contributed by atoms with E-state index in [0.717, 1.165) is 12.0 Å². The highest BCUT2D eigenvalue weighted by atomic mass is 19.1. The number of hydrogen-bond donors (Lipinski definition) is 1. The molecule has 0 fully saturated rings. The fraction of sp³-hybridized carbons (Fsp3) is 0.364. The number of fused-ring (bicyclic) bond motifs is 1. The smallest absolute Gasteiger partial charge is 0.327 e. The van der Waals surface area contributed by atoms with Gasteiger partial charge >= 0.3 is 5.97 Å². The van der Waals surface area contributed by atoms with Crippen molar-refractivity contribution < 1.29 is 13.9 Å². The predicted molar refractivity (Wildman–Crippen MR) is 52.9 cm³/mol. The van der Waals surface area contributed by atoms with E-state index in [2.05, 4.69) is 10.1 Å². The normalized spacial score (nSPS) is 19.5. The van der Waals surface area contributed by atoms with Crippen molar-refractivity contribution in [3.05, 3.63) is 35.1 Å². The highest BCUT2D eigenvalue weighted by Gasteiger charge is 2.26. The molecule has 2 rings (SSSR count). The molecular formula is C11H12FNO2. The number of halogens is 1. The summed E-state index contributed by atoms with van der Waals surface area (Å²) in [4.78, 5) is 11.4. The Labute approximate surface area is 87.2 Å². The second-order valence-electron chi connectivity index (χ2n) is 3.50. The monoisotopic (exact) mass is 209 g/mol. The van der Waals surface area contributed by atoms with Gasteiger partial charge < -0.3 is 10.1 Å². The summed E-state index contributed by atoms with van der Waals surface area (Å²) in [5.41, 5.74) is 1.69. The lowest BCUT2D eigenvalue weighted by Gasteiger charge is -2.24. The van der Waals surface area contributed by atoms with E-state index in [-0.39, 0.29) is 11.8 Å². The van der Waals surface area contributed by atoms with Crippen LogP contribution in [-0.2, 0) is 16.0 Å². The molecule has 0 aliphatic carbocycles. The van der Waals surface area contributed by atoms with Crippen molar-refractivity contribution in [2.24, 2.45) is 0 Å². The molecule has 15 heavy (non-hydrogen) atoms. The van der Waals surface area contributed by atoms with Crippen molar-refractivity contribution in [2.75, 3.05) is 13.7 Å². The van der Waals surface area contributed by atoms with E-state index in [1.807, 2.05) is 0 Å². The second-order valence-corrected chi connectivity index (χ2v) is 3.50.